The third-order valence-corrected chi connectivity index (χ3v) is 19.7. The second-order valence-electron chi connectivity index (χ2n) is 31.6. The van der Waals surface area contributed by atoms with Crippen LogP contribution in [0.1, 0.15) is 196 Å². The van der Waals surface area contributed by atoms with Crippen molar-refractivity contribution in [1.82, 2.24) is 60.9 Å². The fourth-order valence-corrected chi connectivity index (χ4v) is 13.4. The predicted molar refractivity (Wildman–Crippen MR) is 392 cm³/mol. The number of aliphatic hydroxyl groups excluding tert-OH is 1. The zero-order valence-electron chi connectivity index (χ0n) is 65.7. The molecule has 0 bridgehead atoms. The Kier molecular flexibility index (Phi) is 38.6. The van der Waals surface area contributed by atoms with Gasteiger partial charge in [0.05, 0.1) is 11.7 Å². The van der Waals surface area contributed by atoms with Gasteiger partial charge in [-0.2, -0.15) is 11.8 Å². The molecule has 25 nitrogen and oxygen atoms in total. The predicted octanol–water partition coefficient (Wildman–Crippen LogP) is 5.29. The molecule has 1 saturated heterocycles. The van der Waals surface area contributed by atoms with Gasteiger partial charge in [0.1, 0.15) is 66.5 Å². The molecule has 1 fully saturated rings. The molecule has 1 heterocycles. The maximum absolute atomic E-state index is 15.5. The first-order valence-electron chi connectivity index (χ1n) is 36.0. The number of hydrogen-bond acceptors (Lipinski definition) is 15. The van der Waals surface area contributed by atoms with Crippen LogP contribution < -0.4 is 26.6 Å². The first-order chi connectivity index (χ1) is 45.6. The van der Waals surface area contributed by atoms with E-state index in [2.05, 4.69) is 47.4 Å². The third kappa shape index (κ3) is 28.5. The van der Waals surface area contributed by atoms with Crippen molar-refractivity contribution in [3.05, 3.63) is 12.2 Å². The highest BCUT2D eigenvalue weighted by Crippen LogP contribution is 2.27. The number of carbonyl (C=O) groups excluding carboxylic acids is 11. The maximum Gasteiger partial charge on any atom is 0.246 e. The molecule has 11 amide bonds. The van der Waals surface area contributed by atoms with Crippen LogP contribution in [0, 0.1) is 40.9 Å². The maximum atomic E-state index is 15.5. The number of unbranched alkanes of at least 4 members (excludes halogenated alkanes) is 1. The van der Waals surface area contributed by atoms with E-state index in [4.69, 9.17) is 0 Å². The second kappa shape index (κ2) is 41.9. The summed E-state index contributed by atoms with van der Waals surface area (Å²) in [6.45, 7) is 37.2. The number of hydrogen-bond donors (Lipinski definition) is 7. The highest BCUT2D eigenvalue weighted by atomic mass is 32.2. The zero-order valence-corrected chi connectivity index (χ0v) is 66.5. The Balaban J connectivity index is 4.57. The Morgan fingerprint density at radius 3 is 1.48 bits per heavy atom. The molecule has 26 heteroatoms. The lowest BCUT2D eigenvalue weighted by Gasteiger charge is -2.41. The van der Waals surface area contributed by atoms with Gasteiger partial charge in [0.15, 0.2) is 0 Å². The van der Waals surface area contributed by atoms with Gasteiger partial charge in [-0.3, -0.25) is 52.7 Å². The number of thioether (sulfide) groups is 1. The SMILES string of the molecule is C/C=C/C[C@@H](C)[C@@H](O)[C@H]1C(=O)N[C@H](CC)C(=O)N(C)[C@H](CSCCCCNCC(C)(C)C)C(=O)N(C)[C@@H](CC(C)(C)O)C(=O)N[C@H](C(C)C)C(=O)N(C)[C@H](CCC(C)C)C(=O)N[C@H](C)C(=O)N[C@@H](C)C(=O)N(C)[C@@H](CC(C)C)C(=O)N(C)[C@H](CC(C)C)C(=O)N(C)[C@H](C(C)C)C(=O)N1C. The molecular weight excluding hydrogens is 1280 g/mol. The van der Waals surface area contributed by atoms with Gasteiger partial charge in [-0.15, -0.1) is 0 Å². The molecule has 0 aromatic carbocycles. The quantitative estimate of drug-likeness (QED) is 0.0477. The minimum Gasteiger partial charge on any atom is -0.390 e. The summed E-state index contributed by atoms with van der Waals surface area (Å²) in [6.07, 6.45) is 4.43. The summed E-state index contributed by atoms with van der Waals surface area (Å²) in [5.41, 5.74) is -1.51. The first-order valence-corrected chi connectivity index (χ1v) is 37.2. The van der Waals surface area contributed by atoms with Gasteiger partial charge in [0.25, 0.3) is 0 Å². The Morgan fingerprint density at radius 1 is 0.525 bits per heavy atom. The molecule has 0 spiro atoms. The van der Waals surface area contributed by atoms with Crippen LogP contribution in [0.4, 0.5) is 0 Å². The largest absolute Gasteiger partial charge is 0.390 e. The molecular formula is C73H134N12O13S. The Morgan fingerprint density at radius 2 is 1.00 bits per heavy atom. The van der Waals surface area contributed by atoms with Crippen LogP contribution in [0.15, 0.2) is 12.2 Å². The Labute approximate surface area is 599 Å². The topological polar surface area (TPSA) is 311 Å². The van der Waals surface area contributed by atoms with Crippen LogP contribution >= 0.6 is 11.8 Å². The van der Waals surface area contributed by atoms with E-state index < -0.39 is 161 Å². The van der Waals surface area contributed by atoms with E-state index in [9.17, 15) is 29.4 Å². The molecule has 0 aliphatic carbocycles. The Bertz CT molecular complexity index is 2680. The molecule has 0 aromatic heterocycles. The number of amides is 11. The van der Waals surface area contributed by atoms with Gasteiger partial charge in [-0.25, -0.2) is 0 Å². The van der Waals surface area contributed by atoms with Crippen molar-refractivity contribution >= 4 is 76.7 Å². The van der Waals surface area contributed by atoms with E-state index in [1.54, 1.807) is 54.5 Å². The van der Waals surface area contributed by atoms with Crippen molar-refractivity contribution in [3.8, 4) is 0 Å². The lowest BCUT2D eigenvalue weighted by molar-refractivity contribution is -0.157. The van der Waals surface area contributed by atoms with Crippen molar-refractivity contribution < 1.29 is 63.0 Å². The molecule has 0 aromatic rings. The molecule has 7 N–H and O–H groups in total. The summed E-state index contributed by atoms with van der Waals surface area (Å²) in [6, 6.07) is -14.4. The van der Waals surface area contributed by atoms with Crippen molar-refractivity contribution in [1.29, 1.82) is 0 Å². The number of aliphatic hydroxyl groups is 2. The normalized spacial score (nSPS) is 25.9. The standard InChI is InChI=1S/C73H134N12O13S/c1-28-30-33-48(13)60(86)59-64(90)77-51(29-2)66(92)83(25)56(41-99-37-32-31-36-74-42-72(16,17)18)69(95)82(24)55(40-73(19,20)98)63(89)78-57(46(9)10)70(96)79(21)52(35-34-43(3)4)62(88)75-49(14)61(87)76-50(15)65(91)80(22)53(38-44(5)6)67(93)81(23)54(39-45(7)8)68(94)84(26)58(47(11)12)71(97)85(59)27/h28,30,43-60,74,86,98H,29,31-42H2,1-27H3,(H,75,88)(H,76,87)(H,77,90)(H,78,89)/b30-28+/t48-,49-,50+,51-,52-,53+,54-,55+,56-,57-,58-,59+,60-/m1/s1. The molecule has 570 valence electrons. The van der Waals surface area contributed by atoms with Gasteiger partial charge < -0.3 is 71.1 Å². The highest BCUT2D eigenvalue weighted by molar-refractivity contribution is 7.99. The zero-order chi connectivity index (χ0) is 76.6. The molecule has 0 saturated carbocycles. The van der Waals surface area contributed by atoms with Crippen LogP contribution in [0.5, 0.6) is 0 Å². The third-order valence-electron chi connectivity index (χ3n) is 18.5. The van der Waals surface area contributed by atoms with E-state index >= 15 is 33.6 Å². The molecule has 0 unspecified atom stereocenters. The number of allylic oxidation sites excluding steroid dienone is 2. The molecule has 99 heavy (non-hydrogen) atoms. The number of likely N-dealkylation sites (N-methyl/N-ethyl adjacent to an activating group) is 7. The number of nitrogens with one attached hydrogen (secondary N) is 5. The lowest BCUT2D eigenvalue weighted by Crippen LogP contribution is -2.64. The van der Waals surface area contributed by atoms with Crippen LogP contribution in [-0.4, -0.2) is 262 Å². The van der Waals surface area contributed by atoms with Gasteiger partial charge in [0.2, 0.25) is 65.0 Å². The second-order valence-corrected chi connectivity index (χ2v) is 32.7. The van der Waals surface area contributed by atoms with Gasteiger partial charge in [0, 0.05) is 61.5 Å². The molecule has 1 aliphatic rings. The molecule has 0 radical (unpaired) electrons. The molecule has 1 aliphatic heterocycles. The van der Waals surface area contributed by atoms with Crippen molar-refractivity contribution in [2.75, 3.05) is 73.9 Å². The van der Waals surface area contributed by atoms with Crippen molar-refractivity contribution in [2.24, 2.45) is 40.9 Å². The summed E-state index contributed by atoms with van der Waals surface area (Å²) >= 11 is 1.41. The monoisotopic (exact) mass is 1420 g/mol. The minimum atomic E-state index is -1.66. The van der Waals surface area contributed by atoms with E-state index in [-0.39, 0.29) is 67.4 Å². The van der Waals surface area contributed by atoms with Crippen LogP contribution in [0.25, 0.3) is 0 Å². The minimum absolute atomic E-state index is 0.0257. The summed E-state index contributed by atoms with van der Waals surface area (Å²) in [5.74, 6) is -9.38. The van der Waals surface area contributed by atoms with E-state index in [1.807, 2.05) is 47.6 Å². The fourth-order valence-electron chi connectivity index (χ4n) is 12.2. The van der Waals surface area contributed by atoms with Crippen molar-refractivity contribution in [2.45, 2.75) is 274 Å². The Hall–Kier alpha value is -5.86. The smallest absolute Gasteiger partial charge is 0.246 e. The van der Waals surface area contributed by atoms with Gasteiger partial charge in [-0.05, 0) is 146 Å². The van der Waals surface area contributed by atoms with Crippen LogP contribution in [0.3, 0.4) is 0 Å². The summed E-state index contributed by atoms with van der Waals surface area (Å²) in [7, 11) is 9.93. The first kappa shape index (κ1) is 91.2. The van der Waals surface area contributed by atoms with Gasteiger partial charge in [-0.1, -0.05) is 116 Å². The number of nitrogens with zero attached hydrogens (tertiary/aromatic N) is 7. The molecule has 1 rings (SSSR count). The number of rotatable bonds is 24. The van der Waals surface area contributed by atoms with E-state index in [1.165, 1.54) is 113 Å². The lowest BCUT2D eigenvalue weighted by atomic mass is 9.91. The van der Waals surface area contributed by atoms with E-state index in [0.717, 1.165) is 35.7 Å². The summed E-state index contributed by atoms with van der Waals surface area (Å²) in [5, 5.41) is 38.4. The molecule has 13 atom stereocenters. The van der Waals surface area contributed by atoms with E-state index in [0.29, 0.717) is 12.2 Å². The van der Waals surface area contributed by atoms with Gasteiger partial charge >= 0.3 is 0 Å². The highest BCUT2D eigenvalue weighted by Gasteiger charge is 2.47. The summed E-state index contributed by atoms with van der Waals surface area (Å²) < 4.78 is 0. The number of carbonyl (C=O) groups is 11. The average Bonchev–Trinajstić information content (AvgIpc) is 0.807. The summed E-state index contributed by atoms with van der Waals surface area (Å²) in [4.78, 5) is 174. The van der Waals surface area contributed by atoms with Crippen LogP contribution in [0.2, 0.25) is 0 Å². The fraction of sp³-hybridized carbons (Fsp3) is 0.822. The average molecular weight is 1420 g/mol. The van der Waals surface area contributed by atoms with Crippen LogP contribution in [-0.2, 0) is 52.7 Å². The van der Waals surface area contributed by atoms with Crippen molar-refractivity contribution in [3.63, 3.8) is 0 Å².